The largest absolute Gasteiger partial charge is 0.480 e. The maximum atomic E-state index is 13.9. The lowest BCUT2D eigenvalue weighted by molar-refractivity contribution is -0.228. The number of ether oxygens (including phenoxy) is 4. The van der Waals surface area contributed by atoms with Crippen LogP contribution in [0.4, 0.5) is 26.1 Å². The zero-order valence-corrected chi connectivity index (χ0v) is 27.9. The Balaban J connectivity index is 1.18. The summed E-state index contributed by atoms with van der Waals surface area (Å²) in [7, 11) is 1.41. The molecule has 49 heavy (non-hydrogen) atoms. The number of carboxylic acids is 1. The van der Waals surface area contributed by atoms with Crippen molar-refractivity contribution in [1.29, 1.82) is 0 Å². The average Bonchev–Trinajstić information content (AvgIpc) is 3.79. The third-order valence-corrected chi connectivity index (χ3v) is 10.7. The van der Waals surface area contributed by atoms with Crippen LogP contribution >= 0.6 is 11.3 Å². The number of carbonyl (C=O) groups excluding carboxylic acids is 1. The molecule has 1 spiro atoms. The number of carbonyl (C=O) groups is 2. The Morgan fingerprint density at radius 3 is 2.59 bits per heavy atom. The summed E-state index contributed by atoms with van der Waals surface area (Å²) >= 11 is 1.28. The Labute approximate surface area is 285 Å². The van der Waals surface area contributed by atoms with Crippen molar-refractivity contribution in [2.24, 2.45) is 5.92 Å². The number of alkyl halides is 2. The summed E-state index contributed by atoms with van der Waals surface area (Å²) in [6.45, 7) is 5.36. The van der Waals surface area contributed by atoms with Crippen molar-refractivity contribution in [2.45, 2.75) is 56.4 Å². The SMILES string of the molecule is COC(=O)C1CCN(c2cnc(O[C@H]3C[C@@H](C(=O)O)N(c4nc(-c5cccs5)nc(C(F)F)n4)C3)c(N3CCOC4(COC4)[C@@H]3C)c2)CC1. The van der Waals surface area contributed by atoms with Gasteiger partial charge in [0.25, 0.3) is 6.43 Å². The Kier molecular flexibility index (Phi) is 9.23. The fraction of sp³-hybridized carbons (Fsp3) is 0.562. The van der Waals surface area contributed by atoms with Crippen molar-refractivity contribution in [3.8, 4) is 16.6 Å². The number of methoxy groups -OCH3 is 1. The van der Waals surface area contributed by atoms with Gasteiger partial charge in [0.15, 0.2) is 5.82 Å². The summed E-state index contributed by atoms with van der Waals surface area (Å²) in [5, 5.41) is 12.0. The van der Waals surface area contributed by atoms with Crippen LogP contribution in [-0.4, -0.2) is 114 Å². The number of rotatable bonds is 9. The lowest BCUT2D eigenvalue weighted by Crippen LogP contribution is -2.68. The van der Waals surface area contributed by atoms with Gasteiger partial charge in [0.05, 0.1) is 62.2 Å². The van der Waals surface area contributed by atoms with Crippen LogP contribution in [0.15, 0.2) is 29.8 Å². The molecular weight excluding hydrogens is 664 g/mol. The normalized spacial score (nSPS) is 23.9. The predicted molar refractivity (Wildman–Crippen MR) is 173 cm³/mol. The zero-order chi connectivity index (χ0) is 34.3. The highest BCUT2D eigenvalue weighted by Crippen LogP contribution is 2.41. The molecule has 7 heterocycles. The number of thiophene rings is 1. The number of aliphatic carboxylic acids is 1. The minimum atomic E-state index is -2.98. The number of anilines is 3. The molecule has 3 aromatic heterocycles. The number of hydrogen-bond donors (Lipinski definition) is 1. The number of piperidine rings is 1. The molecule has 0 aromatic carbocycles. The highest BCUT2D eigenvalue weighted by atomic mass is 32.1. The number of aromatic nitrogens is 4. The topological polar surface area (TPSA) is 153 Å². The maximum Gasteiger partial charge on any atom is 0.326 e. The monoisotopic (exact) mass is 701 g/mol. The highest BCUT2D eigenvalue weighted by molar-refractivity contribution is 7.13. The van der Waals surface area contributed by atoms with Gasteiger partial charge in [-0.25, -0.2) is 23.5 Å². The number of hydrogen-bond acceptors (Lipinski definition) is 14. The second-order valence-electron chi connectivity index (χ2n) is 12.7. The van der Waals surface area contributed by atoms with Crippen molar-refractivity contribution >= 4 is 40.6 Å². The van der Waals surface area contributed by atoms with Gasteiger partial charge in [-0.2, -0.15) is 9.97 Å². The molecule has 4 fully saturated rings. The van der Waals surface area contributed by atoms with Gasteiger partial charge in [-0.15, -0.1) is 11.3 Å². The summed E-state index contributed by atoms with van der Waals surface area (Å²) in [4.78, 5) is 48.0. The molecule has 4 aliphatic heterocycles. The zero-order valence-electron chi connectivity index (χ0n) is 27.0. The van der Waals surface area contributed by atoms with Gasteiger partial charge >= 0.3 is 11.9 Å². The Bertz CT molecular complexity index is 1670. The first-order chi connectivity index (χ1) is 23.7. The molecule has 0 aliphatic carbocycles. The molecule has 4 saturated heterocycles. The molecule has 1 N–H and O–H groups in total. The van der Waals surface area contributed by atoms with Crippen LogP contribution in [0.1, 0.15) is 38.4 Å². The van der Waals surface area contributed by atoms with Crippen LogP contribution in [0.5, 0.6) is 5.88 Å². The van der Waals surface area contributed by atoms with Crippen LogP contribution in [0.3, 0.4) is 0 Å². The standard InChI is InChI=1S/C32H37F2N7O7S/c1-18-32(16-46-17-32)47-10-9-40(18)22-12-20(39-7-5-19(6-8-39)30(44)45-2)14-35-28(22)48-21-13-23(29(42)43)41(15-21)31-37-26(24-4-3-11-49-24)36-27(38-31)25(33)34/h3-4,11-12,14,18-19,21,23,25H,5-10,13,15-17H2,1-2H3,(H,42,43)/t18-,21-,23-/m0/s1. The second-order valence-corrected chi connectivity index (χ2v) is 13.6. The summed E-state index contributed by atoms with van der Waals surface area (Å²) in [5.74, 6) is -2.02. The van der Waals surface area contributed by atoms with Crippen molar-refractivity contribution < 1.29 is 42.4 Å². The molecule has 4 aliphatic rings. The fourth-order valence-corrected chi connectivity index (χ4v) is 7.62. The smallest absolute Gasteiger partial charge is 0.326 e. The van der Waals surface area contributed by atoms with Crippen molar-refractivity contribution in [3.05, 3.63) is 35.6 Å². The molecule has 0 saturated carbocycles. The van der Waals surface area contributed by atoms with Gasteiger partial charge in [-0.3, -0.25) is 4.79 Å². The average molecular weight is 702 g/mol. The van der Waals surface area contributed by atoms with E-state index in [-0.39, 0.29) is 42.7 Å². The molecule has 3 atom stereocenters. The molecule has 17 heteroatoms. The number of nitrogens with zero attached hydrogens (tertiary/aromatic N) is 7. The van der Waals surface area contributed by atoms with E-state index in [2.05, 4.69) is 31.7 Å². The minimum absolute atomic E-state index is 0.0217. The van der Waals surface area contributed by atoms with Gasteiger partial charge in [0, 0.05) is 26.1 Å². The fourth-order valence-electron chi connectivity index (χ4n) is 6.96. The summed E-state index contributed by atoms with van der Waals surface area (Å²) < 4.78 is 51.0. The van der Waals surface area contributed by atoms with Crippen molar-refractivity contribution in [3.63, 3.8) is 0 Å². The number of carboxylic acid groups (broad SMARTS) is 1. The first-order valence-electron chi connectivity index (χ1n) is 16.2. The summed E-state index contributed by atoms with van der Waals surface area (Å²) in [6.07, 6.45) is -0.582. The molecular formula is C32H37F2N7O7S. The molecule has 0 amide bonds. The van der Waals surface area contributed by atoms with Gasteiger partial charge in [-0.05, 0) is 37.3 Å². The van der Waals surface area contributed by atoms with E-state index >= 15 is 0 Å². The van der Waals surface area contributed by atoms with Gasteiger partial charge < -0.3 is 38.8 Å². The third kappa shape index (κ3) is 6.46. The molecule has 0 bridgehead atoms. The molecule has 0 radical (unpaired) electrons. The first kappa shape index (κ1) is 33.3. The second kappa shape index (κ2) is 13.6. The molecule has 3 aromatic rings. The quantitative estimate of drug-likeness (QED) is 0.324. The van der Waals surface area contributed by atoms with Gasteiger partial charge in [0.1, 0.15) is 23.4 Å². The Hall–Kier alpha value is -4.22. The summed E-state index contributed by atoms with van der Waals surface area (Å²) in [6, 6.07) is 4.26. The van der Waals surface area contributed by atoms with E-state index in [9.17, 15) is 23.5 Å². The van der Waals surface area contributed by atoms with Gasteiger partial charge in [0.2, 0.25) is 17.7 Å². The molecule has 262 valence electrons. The minimum Gasteiger partial charge on any atom is -0.480 e. The van der Waals surface area contributed by atoms with E-state index in [1.54, 1.807) is 23.7 Å². The van der Waals surface area contributed by atoms with Crippen molar-refractivity contribution in [1.82, 2.24) is 19.9 Å². The van der Waals surface area contributed by atoms with Crippen LogP contribution in [0.25, 0.3) is 10.7 Å². The van der Waals surface area contributed by atoms with E-state index in [0.717, 1.165) is 11.4 Å². The van der Waals surface area contributed by atoms with E-state index in [4.69, 9.17) is 23.9 Å². The highest BCUT2D eigenvalue weighted by Gasteiger charge is 2.50. The van der Waals surface area contributed by atoms with Crippen molar-refractivity contribution in [2.75, 3.05) is 67.8 Å². The predicted octanol–water partition coefficient (Wildman–Crippen LogP) is 3.43. The van der Waals surface area contributed by atoms with E-state index < -0.39 is 36.0 Å². The van der Waals surface area contributed by atoms with Crippen LogP contribution in [0, 0.1) is 5.92 Å². The van der Waals surface area contributed by atoms with Gasteiger partial charge in [-0.1, -0.05) is 6.07 Å². The number of morpholine rings is 1. The Morgan fingerprint density at radius 2 is 1.94 bits per heavy atom. The van der Waals surface area contributed by atoms with Crippen LogP contribution < -0.4 is 19.4 Å². The summed E-state index contributed by atoms with van der Waals surface area (Å²) in [5.41, 5.74) is 1.12. The first-order valence-corrected chi connectivity index (χ1v) is 17.1. The number of halogens is 2. The van der Waals surface area contributed by atoms with E-state index in [1.165, 1.54) is 23.3 Å². The van der Waals surface area contributed by atoms with Crippen LogP contribution in [-0.2, 0) is 23.8 Å². The van der Waals surface area contributed by atoms with E-state index in [1.807, 2.05) is 6.07 Å². The number of esters is 1. The number of pyridine rings is 1. The molecule has 0 unspecified atom stereocenters. The lowest BCUT2D eigenvalue weighted by atomic mass is 9.90. The lowest BCUT2D eigenvalue weighted by Gasteiger charge is -2.53. The maximum absolute atomic E-state index is 13.9. The molecule has 14 nitrogen and oxygen atoms in total. The van der Waals surface area contributed by atoms with E-state index in [0.29, 0.717) is 63.1 Å². The van der Waals surface area contributed by atoms with Crippen LogP contribution in [0.2, 0.25) is 0 Å². The Morgan fingerprint density at radius 1 is 1.14 bits per heavy atom. The molecule has 7 rings (SSSR count). The third-order valence-electron chi connectivity index (χ3n) is 9.83.